The number of hydrogen-bond acceptors (Lipinski definition) is 3. The van der Waals surface area contributed by atoms with Crippen molar-refractivity contribution in [1.29, 1.82) is 0 Å². The molecule has 0 saturated heterocycles. The van der Waals surface area contributed by atoms with Gasteiger partial charge in [-0.05, 0) is 30.9 Å². The molecule has 1 aromatic rings. The molecule has 1 atom stereocenters. The van der Waals surface area contributed by atoms with Gasteiger partial charge < -0.3 is 20.5 Å². The summed E-state index contributed by atoms with van der Waals surface area (Å²) >= 11 is 0. The van der Waals surface area contributed by atoms with Crippen molar-refractivity contribution in [3.8, 4) is 5.75 Å². The first-order valence-electron chi connectivity index (χ1n) is 6.79. The topological polar surface area (TPSA) is 70.6 Å². The number of amides is 2. The maximum Gasteiger partial charge on any atom is 0.319 e. The molecule has 1 rings (SSSR count). The molecule has 0 saturated carbocycles. The number of urea groups is 1. The highest BCUT2D eigenvalue weighted by molar-refractivity contribution is 5.90. The summed E-state index contributed by atoms with van der Waals surface area (Å²) in [4.78, 5) is 11.9. The highest BCUT2D eigenvalue weighted by Gasteiger charge is 2.13. The molecule has 0 radical (unpaired) electrons. The van der Waals surface area contributed by atoms with Gasteiger partial charge in [0.05, 0.1) is 19.8 Å². The van der Waals surface area contributed by atoms with E-state index in [1.54, 1.807) is 13.2 Å². The van der Waals surface area contributed by atoms with Gasteiger partial charge in [-0.15, -0.1) is 0 Å². The SMILES string of the molecule is COc1ccc(C)c(NC(=O)NC(CO)CC(C)C)c1. The van der Waals surface area contributed by atoms with E-state index in [-0.39, 0.29) is 18.7 Å². The zero-order chi connectivity index (χ0) is 15.1. The Labute approximate surface area is 120 Å². The van der Waals surface area contributed by atoms with E-state index in [1.807, 2.05) is 19.1 Å². The summed E-state index contributed by atoms with van der Waals surface area (Å²) in [5.74, 6) is 1.10. The molecule has 0 spiro atoms. The molecule has 0 aliphatic heterocycles. The van der Waals surface area contributed by atoms with Gasteiger partial charge in [-0.1, -0.05) is 19.9 Å². The first-order valence-corrected chi connectivity index (χ1v) is 6.79. The summed E-state index contributed by atoms with van der Waals surface area (Å²) in [7, 11) is 1.58. The summed E-state index contributed by atoms with van der Waals surface area (Å²) in [6.45, 7) is 5.94. The van der Waals surface area contributed by atoms with Gasteiger partial charge in [-0.2, -0.15) is 0 Å². The maximum absolute atomic E-state index is 11.9. The number of anilines is 1. The second-order valence-electron chi connectivity index (χ2n) is 5.29. The van der Waals surface area contributed by atoms with Crippen LogP contribution in [0.1, 0.15) is 25.8 Å². The first kappa shape index (κ1) is 16.3. The van der Waals surface area contributed by atoms with Crippen LogP contribution in [-0.4, -0.2) is 30.9 Å². The lowest BCUT2D eigenvalue weighted by molar-refractivity contribution is 0.214. The summed E-state index contributed by atoms with van der Waals surface area (Å²) in [6, 6.07) is 4.94. The predicted octanol–water partition coefficient (Wildman–Crippen LogP) is 2.53. The molecule has 0 aromatic heterocycles. The Morgan fingerprint density at radius 3 is 2.65 bits per heavy atom. The van der Waals surface area contributed by atoms with Crippen LogP contribution < -0.4 is 15.4 Å². The minimum Gasteiger partial charge on any atom is -0.497 e. The molecule has 20 heavy (non-hydrogen) atoms. The Balaban J connectivity index is 2.65. The highest BCUT2D eigenvalue weighted by Crippen LogP contribution is 2.21. The van der Waals surface area contributed by atoms with Crippen molar-refractivity contribution < 1.29 is 14.6 Å². The zero-order valence-corrected chi connectivity index (χ0v) is 12.6. The number of methoxy groups -OCH3 is 1. The van der Waals surface area contributed by atoms with E-state index in [4.69, 9.17) is 4.74 Å². The van der Waals surface area contributed by atoms with Gasteiger partial charge in [0.2, 0.25) is 0 Å². The number of carbonyl (C=O) groups excluding carboxylic acids is 1. The summed E-state index contributed by atoms with van der Waals surface area (Å²) in [5.41, 5.74) is 1.65. The van der Waals surface area contributed by atoms with Crippen LogP contribution >= 0.6 is 0 Å². The molecule has 3 N–H and O–H groups in total. The smallest absolute Gasteiger partial charge is 0.319 e. The molecule has 0 heterocycles. The van der Waals surface area contributed by atoms with Gasteiger partial charge in [-0.3, -0.25) is 0 Å². The van der Waals surface area contributed by atoms with Crippen molar-refractivity contribution in [1.82, 2.24) is 5.32 Å². The molecule has 2 amide bonds. The Kier molecular flexibility index (Phi) is 6.31. The number of aliphatic hydroxyl groups is 1. The fourth-order valence-corrected chi connectivity index (χ4v) is 1.95. The lowest BCUT2D eigenvalue weighted by atomic mass is 10.0. The van der Waals surface area contributed by atoms with Crippen LogP contribution in [0.2, 0.25) is 0 Å². The van der Waals surface area contributed by atoms with Gasteiger partial charge in [0.25, 0.3) is 0 Å². The Bertz CT molecular complexity index is 447. The van der Waals surface area contributed by atoms with E-state index in [2.05, 4.69) is 24.5 Å². The number of aryl methyl sites for hydroxylation is 1. The maximum atomic E-state index is 11.9. The van der Waals surface area contributed by atoms with Gasteiger partial charge >= 0.3 is 6.03 Å². The van der Waals surface area contributed by atoms with Crippen molar-refractivity contribution in [2.45, 2.75) is 33.2 Å². The Morgan fingerprint density at radius 2 is 2.10 bits per heavy atom. The fourth-order valence-electron chi connectivity index (χ4n) is 1.95. The summed E-state index contributed by atoms with van der Waals surface area (Å²) in [5, 5.41) is 14.8. The normalized spacial score (nSPS) is 12.1. The third-order valence-electron chi connectivity index (χ3n) is 3.00. The van der Waals surface area contributed by atoms with Crippen LogP contribution in [0.4, 0.5) is 10.5 Å². The third kappa shape index (κ3) is 5.09. The van der Waals surface area contributed by atoms with Crippen LogP contribution in [0, 0.1) is 12.8 Å². The largest absolute Gasteiger partial charge is 0.497 e. The minimum absolute atomic E-state index is 0.0668. The molecule has 1 aromatic carbocycles. The van der Waals surface area contributed by atoms with Gasteiger partial charge in [-0.25, -0.2) is 4.79 Å². The lowest BCUT2D eigenvalue weighted by Gasteiger charge is -2.19. The summed E-state index contributed by atoms with van der Waals surface area (Å²) in [6.07, 6.45) is 0.737. The van der Waals surface area contributed by atoms with Crippen LogP contribution in [0.15, 0.2) is 18.2 Å². The van der Waals surface area contributed by atoms with Crippen LogP contribution in [-0.2, 0) is 0 Å². The van der Waals surface area contributed by atoms with E-state index >= 15 is 0 Å². The number of ether oxygens (including phenoxy) is 1. The molecule has 0 bridgehead atoms. The molecule has 0 aliphatic rings. The molecular weight excluding hydrogens is 256 g/mol. The standard InChI is InChI=1S/C15H24N2O3/c1-10(2)7-12(9-18)16-15(19)17-14-8-13(20-4)6-5-11(14)3/h5-6,8,10,12,18H,7,9H2,1-4H3,(H2,16,17,19). The second kappa shape index (κ2) is 7.75. The lowest BCUT2D eigenvalue weighted by Crippen LogP contribution is -2.41. The first-order chi connectivity index (χ1) is 9.46. The second-order valence-corrected chi connectivity index (χ2v) is 5.29. The van der Waals surface area contributed by atoms with Crippen LogP contribution in [0.3, 0.4) is 0 Å². The van der Waals surface area contributed by atoms with Crippen LogP contribution in [0.5, 0.6) is 5.75 Å². The number of aliphatic hydroxyl groups excluding tert-OH is 1. The quantitative estimate of drug-likeness (QED) is 0.750. The predicted molar refractivity (Wildman–Crippen MR) is 80.2 cm³/mol. The molecule has 5 nitrogen and oxygen atoms in total. The van der Waals surface area contributed by atoms with Crippen molar-refractivity contribution in [3.05, 3.63) is 23.8 Å². The molecule has 1 unspecified atom stereocenters. The van der Waals surface area contributed by atoms with E-state index in [0.717, 1.165) is 12.0 Å². The molecule has 0 aliphatic carbocycles. The number of hydrogen-bond donors (Lipinski definition) is 3. The fraction of sp³-hybridized carbons (Fsp3) is 0.533. The van der Waals surface area contributed by atoms with E-state index < -0.39 is 0 Å². The Hall–Kier alpha value is -1.75. The van der Waals surface area contributed by atoms with Crippen molar-refractivity contribution in [2.24, 2.45) is 5.92 Å². The highest BCUT2D eigenvalue weighted by atomic mass is 16.5. The zero-order valence-electron chi connectivity index (χ0n) is 12.6. The monoisotopic (exact) mass is 280 g/mol. The molecule has 0 fully saturated rings. The third-order valence-corrected chi connectivity index (χ3v) is 3.00. The number of benzene rings is 1. The van der Waals surface area contributed by atoms with Crippen molar-refractivity contribution in [3.63, 3.8) is 0 Å². The number of nitrogens with one attached hydrogen (secondary N) is 2. The van der Waals surface area contributed by atoms with Gasteiger partial charge in [0, 0.05) is 11.8 Å². The summed E-state index contributed by atoms with van der Waals surface area (Å²) < 4.78 is 5.13. The minimum atomic E-state index is -0.318. The average Bonchev–Trinajstić information content (AvgIpc) is 2.40. The van der Waals surface area contributed by atoms with Gasteiger partial charge in [0.1, 0.15) is 5.75 Å². The average molecular weight is 280 g/mol. The molecular formula is C15H24N2O3. The van der Waals surface area contributed by atoms with Gasteiger partial charge in [0.15, 0.2) is 0 Å². The Morgan fingerprint density at radius 1 is 1.40 bits per heavy atom. The van der Waals surface area contributed by atoms with E-state index in [9.17, 15) is 9.90 Å². The number of rotatable bonds is 6. The van der Waals surface area contributed by atoms with Crippen molar-refractivity contribution in [2.75, 3.05) is 19.0 Å². The van der Waals surface area contributed by atoms with E-state index in [1.165, 1.54) is 0 Å². The van der Waals surface area contributed by atoms with Crippen molar-refractivity contribution >= 4 is 11.7 Å². The molecule has 5 heteroatoms. The van der Waals surface area contributed by atoms with Crippen LogP contribution in [0.25, 0.3) is 0 Å². The van der Waals surface area contributed by atoms with E-state index in [0.29, 0.717) is 17.4 Å². The number of carbonyl (C=O) groups is 1. The molecule has 112 valence electrons.